The average molecular weight is 612 g/mol. The molecular formula is C35H37N3O7. The van der Waals surface area contributed by atoms with Crippen molar-refractivity contribution in [3.05, 3.63) is 102 Å². The highest BCUT2D eigenvalue weighted by molar-refractivity contribution is 5.91. The molecule has 1 spiro atoms. The molecule has 0 bridgehead atoms. The molecule has 0 saturated heterocycles. The van der Waals surface area contributed by atoms with E-state index in [1.807, 2.05) is 54.6 Å². The zero-order valence-electron chi connectivity index (χ0n) is 25.3. The number of ether oxygens (including phenoxy) is 3. The molecule has 3 aromatic carbocycles. The summed E-state index contributed by atoms with van der Waals surface area (Å²) in [6.45, 7) is 1.95. The summed E-state index contributed by atoms with van der Waals surface area (Å²) in [5, 5.41) is 15.9. The van der Waals surface area contributed by atoms with Gasteiger partial charge in [-0.3, -0.25) is 14.4 Å². The Hall–Kier alpha value is -4.83. The van der Waals surface area contributed by atoms with E-state index >= 15 is 0 Å². The van der Waals surface area contributed by atoms with Gasteiger partial charge in [0.15, 0.2) is 11.5 Å². The largest absolute Gasteiger partial charge is 0.493 e. The van der Waals surface area contributed by atoms with E-state index in [1.165, 1.54) is 6.92 Å². The number of aliphatic hydroxyl groups is 1. The van der Waals surface area contributed by atoms with E-state index in [-0.39, 0.29) is 25.0 Å². The number of methoxy groups -OCH3 is 1. The van der Waals surface area contributed by atoms with Crippen molar-refractivity contribution in [3.63, 3.8) is 0 Å². The van der Waals surface area contributed by atoms with E-state index in [2.05, 4.69) is 10.6 Å². The van der Waals surface area contributed by atoms with Crippen molar-refractivity contribution in [2.45, 2.75) is 62.6 Å². The molecular weight excluding hydrogens is 574 g/mol. The first-order valence-corrected chi connectivity index (χ1v) is 15.1. The molecule has 3 aliphatic rings. The van der Waals surface area contributed by atoms with E-state index < -0.39 is 35.6 Å². The maximum Gasteiger partial charge on any atom is 0.285 e. The highest BCUT2D eigenvalue weighted by Gasteiger charge is 2.53. The summed E-state index contributed by atoms with van der Waals surface area (Å²) in [6, 6.07) is 21.0. The Morgan fingerprint density at radius 2 is 1.78 bits per heavy atom. The number of amides is 3. The molecule has 1 aliphatic carbocycles. The normalized spacial score (nSPS) is 22.5. The van der Waals surface area contributed by atoms with Gasteiger partial charge in [0.1, 0.15) is 17.9 Å². The summed E-state index contributed by atoms with van der Waals surface area (Å²) < 4.78 is 18.2. The second kappa shape index (κ2) is 12.6. The number of carbonyl (C=O) groups excluding carboxylic acids is 3. The molecule has 3 N–H and O–H groups in total. The fraction of sp³-hybridized carbons (Fsp3) is 0.343. The standard InChI is InChI=1S/C35H37N3O7/c1-22(39)36-27(19-23-9-5-3-6-10-23)32(41)37-33(44-26-11-7-4-8-12-26)34(42)38-18-17-35-16-15-25(40)20-29(35)45-31-28(43-2)14-13-24(21-38)30(31)35/h3-16,25,27,29,33,40H,17-21H2,1-2H3,(H,36,39)(H,37,41)/t25-,27-,29-,33-,35-/m0/s1. The Kier molecular flexibility index (Phi) is 8.49. The summed E-state index contributed by atoms with van der Waals surface area (Å²) in [5.41, 5.74) is 2.17. The molecule has 0 saturated carbocycles. The molecule has 0 radical (unpaired) electrons. The smallest absolute Gasteiger partial charge is 0.285 e. The van der Waals surface area contributed by atoms with Crippen molar-refractivity contribution in [1.82, 2.24) is 15.5 Å². The van der Waals surface area contributed by atoms with Crippen LogP contribution in [-0.4, -0.2) is 65.9 Å². The minimum absolute atomic E-state index is 0.238. The Bertz CT molecular complexity index is 1600. The van der Waals surface area contributed by atoms with Gasteiger partial charge < -0.3 is 34.9 Å². The van der Waals surface area contributed by atoms with Gasteiger partial charge in [-0.15, -0.1) is 0 Å². The number of para-hydroxylation sites is 1. The number of carbonyl (C=O) groups is 3. The lowest BCUT2D eigenvalue weighted by molar-refractivity contribution is -0.145. The van der Waals surface area contributed by atoms with Crippen LogP contribution in [0.2, 0.25) is 0 Å². The second-order valence-corrected chi connectivity index (χ2v) is 11.7. The summed E-state index contributed by atoms with van der Waals surface area (Å²) in [7, 11) is 1.59. The van der Waals surface area contributed by atoms with Crippen molar-refractivity contribution in [2.75, 3.05) is 13.7 Å². The third kappa shape index (κ3) is 6.10. The van der Waals surface area contributed by atoms with Crippen LogP contribution in [0.25, 0.3) is 0 Å². The second-order valence-electron chi connectivity index (χ2n) is 11.7. The predicted molar refractivity (Wildman–Crippen MR) is 166 cm³/mol. The Morgan fingerprint density at radius 1 is 1.04 bits per heavy atom. The van der Waals surface area contributed by atoms with Gasteiger partial charge in [0.25, 0.3) is 12.1 Å². The topological polar surface area (TPSA) is 126 Å². The molecule has 6 rings (SSSR count). The predicted octanol–water partition coefficient (Wildman–Crippen LogP) is 3.02. The van der Waals surface area contributed by atoms with Crippen LogP contribution in [0.5, 0.6) is 17.2 Å². The maximum absolute atomic E-state index is 14.3. The highest BCUT2D eigenvalue weighted by atomic mass is 16.5. The average Bonchev–Trinajstić information content (AvgIpc) is 3.27. The van der Waals surface area contributed by atoms with Gasteiger partial charge in [0, 0.05) is 38.4 Å². The molecule has 234 valence electrons. The van der Waals surface area contributed by atoms with E-state index in [4.69, 9.17) is 14.2 Å². The van der Waals surface area contributed by atoms with Gasteiger partial charge in [-0.2, -0.15) is 0 Å². The number of hydrogen-bond acceptors (Lipinski definition) is 7. The van der Waals surface area contributed by atoms with Crippen LogP contribution < -0.4 is 24.8 Å². The van der Waals surface area contributed by atoms with E-state index in [1.54, 1.807) is 42.4 Å². The number of benzene rings is 3. The molecule has 2 aliphatic heterocycles. The fourth-order valence-corrected chi connectivity index (χ4v) is 6.60. The molecule has 45 heavy (non-hydrogen) atoms. The van der Waals surface area contributed by atoms with E-state index in [0.29, 0.717) is 36.6 Å². The number of rotatable bonds is 9. The number of aliphatic hydroxyl groups excluding tert-OH is 1. The van der Waals surface area contributed by atoms with Crippen LogP contribution in [0.4, 0.5) is 0 Å². The number of hydrogen-bond donors (Lipinski definition) is 3. The van der Waals surface area contributed by atoms with Crippen molar-refractivity contribution in [2.24, 2.45) is 0 Å². The molecule has 3 amide bonds. The summed E-state index contributed by atoms with van der Waals surface area (Å²) >= 11 is 0. The van der Waals surface area contributed by atoms with Gasteiger partial charge in [-0.05, 0) is 35.7 Å². The lowest BCUT2D eigenvalue weighted by Gasteiger charge is -2.36. The first-order chi connectivity index (χ1) is 21.8. The number of nitrogens with zero attached hydrogens (tertiary/aromatic N) is 1. The highest BCUT2D eigenvalue weighted by Crippen LogP contribution is 2.55. The van der Waals surface area contributed by atoms with E-state index in [9.17, 15) is 19.5 Å². The van der Waals surface area contributed by atoms with Gasteiger partial charge in [0.2, 0.25) is 11.8 Å². The van der Waals surface area contributed by atoms with Gasteiger partial charge in [0.05, 0.1) is 18.6 Å². The van der Waals surface area contributed by atoms with Crippen LogP contribution in [0.3, 0.4) is 0 Å². The lowest BCUT2D eigenvalue weighted by atomic mass is 9.69. The van der Waals surface area contributed by atoms with Crippen LogP contribution in [0.1, 0.15) is 36.5 Å². The third-order valence-corrected chi connectivity index (χ3v) is 8.74. The Balaban J connectivity index is 1.30. The van der Waals surface area contributed by atoms with Gasteiger partial charge >= 0.3 is 0 Å². The molecule has 0 fully saturated rings. The fourth-order valence-electron chi connectivity index (χ4n) is 6.60. The Labute approximate surface area is 262 Å². The summed E-state index contributed by atoms with van der Waals surface area (Å²) in [4.78, 5) is 41.8. The Morgan fingerprint density at radius 3 is 2.49 bits per heavy atom. The molecule has 5 atom stereocenters. The minimum Gasteiger partial charge on any atom is -0.493 e. The van der Waals surface area contributed by atoms with Crippen LogP contribution in [0.15, 0.2) is 84.9 Å². The first-order valence-electron chi connectivity index (χ1n) is 15.1. The minimum atomic E-state index is -1.36. The monoisotopic (exact) mass is 611 g/mol. The van der Waals surface area contributed by atoms with Crippen LogP contribution in [0, 0.1) is 0 Å². The maximum atomic E-state index is 14.3. The quantitative estimate of drug-likeness (QED) is 0.251. The summed E-state index contributed by atoms with van der Waals surface area (Å²) in [6.07, 6.45) is 2.70. The zero-order chi connectivity index (χ0) is 31.6. The summed E-state index contributed by atoms with van der Waals surface area (Å²) in [5.74, 6) is 0.318. The van der Waals surface area contributed by atoms with Crippen LogP contribution in [-0.2, 0) is 32.8 Å². The SMILES string of the molecule is COc1ccc2c3c1O[C@H]1C[C@@H](O)C=C[C@@]31CCN(C(=O)[C@@H](NC(=O)[C@H](Cc1ccccc1)NC(C)=O)Oc1ccccc1)C2. The van der Waals surface area contributed by atoms with Gasteiger partial charge in [-0.1, -0.05) is 66.7 Å². The molecule has 10 nitrogen and oxygen atoms in total. The first kappa shape index (κ1) is 30.2. The van der Waals surface area contributed by atoms with Crippen molar-refractivity contribution in [1.29, 1.82) is 0 Å². The molecule has 10 heteroatoms. The molecule has 3 aromatic rings. The molecule has 2 heterocycles. The lowest BCUT2D eigenvalue weighted by Crippen LogP contribution is -2.57. The van der Waals surface area contributed by atoms with Crippen molar-refractivity contribution >= 4 is 17.7 Å². The zero-order valence-corrected chi connectivity index (χ0v) is 25.3. The van der Waals surface area contributed by atoms with Crippen LogP contribution >= 0.6 is 0 Å². The number of nitrogens with one attached hydrogen (secondary N) is 2. The molecule has 0 aromatic heterocycles. The molecule has 0 unspecified atom stereocenters. The van der Waals surface area contributed by atoms with E-state index in [0.717, 1.165) is 16.7 Å². The van der Waals surface area contributed by atoms with Gasteiger partial charge in [-0.25, -0.2) is 0 Å². The van der Waals surface area contributed by atoms with Crippen molar-refractivity contribution < 1.29 is 33.7 Å². The third-order valence-electron chi connectivity index (χ3n) is 8.74. The van der Waals surface area contributed by atoms with Crippen molar-refractivity contribution in [3.8, 4) is 17.2 Å².